The Morgan fingerprint density at radius 1 is 1.00 bits per heavy atom. The van der Waals surface area contributed by atoms with Gasteiger partial charge in [-0.1, -0.05) is 52.3 Å². The molecular formula is C14H15BrClN. The SMILES string of the molecule is CC(Nc1cccc(Br)c1)c1ccccc1.Cl. The Morgan fingerprint density at radius 2 is 1.71 bits per heavy atom. The van der Waals surface area contributed by atoms with Gasteiger partial charge in [0.2, 0.25) is 0 Å². The van der Waals surface area contributed by atoms with Crippen molar-refractivity contribution in [1.29, 1.82) is 0 Å². The van der Waals surface area contributed by atoms with Crippen LogP contribution in [0.1, 0.15) is 18.5 Å². The average molecular weight is 313 g/mol. The zero-order valence-corrected chi connectivity index (χ0v) is 12.0. The van der Waals surface area contributed by atoms with Crippen molar-refractivity contribution < 1.29 is 0 Å². The van der Waals surface area contributed by atoms with Gasteiger partial charge in [-0.15, -0.1) is 12.4 Å². The molecule has 1 N–H and O–H groups in total. The van der Waals surface area contributed by atoms with Gasteiger partial charge in [-0.2, -0.15) is 0 Å². The first-order valence-electron chi connectivity index (χ1n) is 5.33. The minimum Gasteiger partial charge on any atom is -0.378 e. The molecular weight excluding hydrogens is 298 g/mol. The highest BCUT2D eigenvalue weighted by atomic mass is 79.9. The third-order valence-electron chi connectivity index (χ3n) is 2.51. The van der Waals surface area contributed by atoms with E-state index in [1.54, 1.807) is 0 Å². The topological polar surface area (TPSA) is 12.0 Å². The van der Waals surface area contributed by atoms with Crippen molar-refractivity contribution in [2.75, 3.05) is 5.32 Å². The van der Waals surface area contributed by atoms with E-state index < -0.39 is 0 Å². The summed E-state index contributed by atoms with van der Waals surface area (Å²) in [5, 5.41) is 3.47. The highest BCUT2D eigenvalue weighted by Crippen LogP contribution is 2.21. The lowest BCUT2D eigenvalue weighted by Crippen LogP contribution is -2.06. The Balaban J connectivity index is 0.00000144. The van der Waals surface area contributed by atoms with Crippen molar-refractivity contribution in [2.45, 2.75) is 13.0 Å². The molecule has 1 nitrogen and oxygen atoms in total. The molecule has 0 amide bonds. The third kappa shape index (κ3) is 4.06. The van der Waals surface area contributed by atoms with Crippen LogP contribution in [0.15, 0.2) is 59.1 Å². The minimum atomic E-state index is 0. The quantitative estimate of drug-likeness (QED) is 0.837. The first-order valence-corrected chi connectivity index (χ1v) is 6.12. The second-order valence-electron chi connectivity index (χ2n) is 3.79. The molecule has 0 saturated heterocycles. The molecule has 0 saturated carbocycles. The molecule has 0 radical (unpaired) electrons. The summed E-state index contributed by atoms with van der Waals surface area (Å²) in [4.78, 5) is 0. The molecule has 1 atom stereocenters. The van der Waals surface area contributed by atoms with Crippen LogP contribution in [0.25, 0.3) is 0 Å². The predicted molar refractivity (Wildman–Crippen MR) is 79.9 cm³/mol. The van der Waals surface area contributed by atoms with Crippen LogP contribution in [-0.4, -0.2) is 0 Å². The third-order valence-corrected chi connectivity index (χ3v) is 3.00. The highest BCUT2D eigenvalue weighted by Gasteiger charge is 2.03. The van der Waals surface area contributed by atoms with Gasteiger partial charge >= 0.3 is 0 Å². The van der Waals surface area contributed by atoms with Crippen molar-refractivity contribution in [3.63, 3.8) is 0 Å². The predicted octanol–water partition coefficient (Wildman–Crippen LogP) is 5.04. The van der Waals surface area contributed by atoms with E-state index in [1.807, 2.05) is 18.2 Å². The Morgan fingerprint density at radius 3 is 2.35 bits per heavy atom. The van der Waals surface area contributed by atoms with E-state index in [0.29, 0.717) is 6.04 Å². The summed E-state index contributed by atoms with van der Waals surface area (Å²) >= 11 is 3.47. The monoisotopic (exact) mass is 311 g/mol. The van der Waals surface area contributed by atoms with Gasteiger partial charge in [0.05, 0.1) is 0 Å². The maximum atomic E-state index is 3.47. The van der Waals surface area contributed by atoms with Crippen LogP contribution < -0.4 is 5.32 Å². The minimum absolute atomic E-state index is 0. The molecule has 0 spiro atoms. The van der Waals surface area contributed by atoms with Gasteiger partial charge in [-0.3, -0.25) is 0 Å². The zero-order chi connectivity index (χ0) is 11.4. The molecule has 2 rings (SSSR count). The molecule has 90 valence electrons. The van der Waals surface area contributed by atoms with Crippen molar-refractivity contribution in [2.24, 2.45) is 0 Å². The number of hydrogen-bond acceptors (Lipinski definition) is 1. The molecule has 0 aliphatic carbocycles. The lowest BCUT2D eigenvalue weighted by atomic mass is 10.1. The lowest BCUT2D eigenvalue weighted by molar-refractivity contribution is 0.885. The Hall–Kier alpha value is -0.990. The lowest BCUT2D eigenvalue weighted by Gasteiger charge is -2.15. The van der Waals surface area contributed by atoms with Crippen LogP contribution in [0.2, 0.25) is 0 Å². The van der Waals surface area contributed by atoms with Gasteiger partial charge < -0.3 is 5.32 Å². The van der Waals surface area contributed by atoms with Crippen molar-refractivity contribution >= 4 is 34.0 Å². The van der Waals surface area contributed by atoms with Gasteiger partial charge in [0.15, 0.2) is 0 Å². The molecule has 0 fully saturated rings. The molecule has 0 aliphatic rings. The number of anilines is 1. The van der Waals surface area contributed by atoms with Crippen LogP contribution in [0.4, 0.5) is 5.69 Å². The van der Waals surface area contributed by atoms with E-state index >= 15 is 0 Å². The van der Waals surface area contributed by atoms with Gasteiger partial charge in [0, 0.05) is 16.2 Å². The molecule has 2 aromatic carbocycles. The summed E-state index contributed by atoms with van der Waals surface area (Å²) in [5.74, 6) is 0. The molecule has 0 heterocycles. The number of nitrogens with one attached hydrogen (secondary N) is 1. The summed E-state index contributed by atoms with van der Waals surface area (Å²) in [6.45, 7) is 2.16. The molecule has 2 aromatic rings. The van der Waals surface area contributed by atoms with Crippen LogP contribution in [-0.2, 0) is 0 Å². The van der Waals surface area contributed by atoms with E-state index in [4.69, 9.17) is 0 Å². The van der Waals surface area contributed by atoms with Crippen molar-refractivity contribution in [3.8, 4) is 0 Å². The number of rotatable bonds is 3. The summed E-state index contributed by atoms with van der Waals surface area (Å²) in [6.07, 6.45) is 0. The van der Waals surface area contributed by atoms with Gasteiger partial charge in [0.1, 0.15) is 0 Å². The number of benzene rings is 2. The Kier molecular flexibility index (Phi) is 5.52. The number of halogens is 2. The van der Waals surface area contributed by atoms with Gasteiger partial charge in [-0.05, 0) is 30.7 Å². The standard InChI is InChI=1S/C14H14BrN.ClH/c1-11(12-6-3-2-4-7-12)16-14-9-5-8-13(15)10-14;/h2-11,16H,1H3;1H. The summed E-state index contributed by atoms with van der Waals surface area (Å²) in [6, 6.07) is 19.0. The first kappa shape index (κ1) is 14.1. The fraction of sp³-hybridized carbons (Fsp3) is 0.143. The normalized spacial score (nSPS) is 11.4. The van der Waals surface area contributed by atoms with Crippen molar-refractivity contribution in [1.82, 2.24) is 0 Å². The average Bonchev–Trinajstić information content (AvgIpc) is 2.30. The Labute approximate surface area is 117 Å². The second-order valence-corrected chi connectivity index (χ2v) is 4.70. The van der Waals surface area contributed by atoms with Gasteiger partial charge in [0.25, 0.3) is 0 Å². The maximum absolute atomic E-state index is 3.47. The van der Waals surface area contributed by atoms with E-state index in [1.165, 1.54) is 5.56 Å². The van der Waals surface area contributed by atoms with E-state index in [-0.39, 0.29) is 12.4 Å². The molecule has 0 aliphatic heterocycles. The van der Waals surface area contributed by atoms with Crippen LogP contribution in [0.3, 0.4) is 0 Å². The van der Waals surface area contributed by atoms with E-state index in [2.05, 4.69) is 64.6 Å². The van der Waals surface area contributed by atoms with E-state index in [0.717, 1.165) is 10.2 Å². The molecule has 1 unspecified atom stereocenters. The van der Waals surface area contributed by atoms with Gasteiger partial charge in [-0.25, -0.2) is 0 Å². The zero-order valence-electron chi connectivity index (χ0n) is 9.56. The van der Waals surface area contributed by atoms with E-state index in [9.17, 15) is 0 Å². The van der Waals surface area contributed by atoms with Crippen LogP contribution in [0, 0.1) is 0 Å². The fourth-order valence-corrected chi connectivity index (χ4v) is 2.05. The molecule has 0 aromatic heterocycles. The summed E-state index contributed by atoms with van der Waals surface area (Å²) in [5.41, 5.74) is 2.42. The smallest absolute Gasteiger partial charge is 0.0485 e. The molecule has 3 heteroatoms. The number of hydrogen-bond donors (Lipinski definition) is 1. The molecule has 17 heavy (non-hydrogen) atoms. The van der Waals surface area contributed by atoms with Crippen LogP contribution in [0.5, 0.6) is 0 Å². The second kappa shape index (κ2) is 6.67. The summed E-state index contributed by atoms with van der Waals surface area (Å²) < 4.78 is 1.10. The fourth-order valence-electron chi connectivity index (χ4n) is 1.65. The Bertz CT molecular complexity index is 459. The first-order chi connectivity index (χ1) is 7.75. The van der Waals surface area contributed by atoms with Crippen molar-refractivity contribution in [3.05, 3.63) is 64.6 Å². The summed E-state index contributed by atoms with van der Waals surface area (Å²) in [7, 11) is 0. The largest absolute Gasteiger partial charge is 0.378 e. The molecule has 0 bridgehead atoms. The van der Waals surface area contributed by atoms with Crippen LogP contribution >= 0.6 is 28.3 Å². The maximum Gasteiger partial charge on any atom is 0.0485 e. The highest BCUT2D eigenvalue weighted by molar-refractivity contribution is 9.10.